The lowest BCUT2D eigenvalue weighted by Gasteiger charge is -2.24. The number of methoxy groups -OCH3 is 1. The van der Waals surface area contributed by atoms with Gasteiger partial charge < -0.3 is 19.1 Å². The highest BCUT2D eigenvalue weighted by atomic mass is 31.2. The van der Waals surface area contributed by atoms with Crippen molar-refractivity contribution in [2.24, 2.45) is 0 Å². The second-order valence-corrected chi connectivity index (χ2v) is 7.37. The molecule has 0 aliphatic carbocycles. The van der Waals surface area contributed by atoms with Gasteiger partial charge in [-0.15, -0.1) is 0 Å². The number of aromatic carboxylic acids is 1. The maximum Gasteiger partial charge on any atom is 0.342 e. The van der Waals surface area contributed by atoms with Crippen LogP contribution in [0.1, 0.15) is 31.1 Å². The number of hydrogen-bond donors (Lipinski definition) is 2. The third kappa shape index (κ3) is 5.96. The molecule has 0 aliphatic rings. The van der Waals surface area contributed by atoms with Crippen molar-refractivity contribution in [2.45, 2.75) is 32.9 Å². The van der Waals surface area contributed by atoms with E-state index in [2.05, 4.69) is 5.09 Å². The zero-order chi connectivity index (χ0) is 18.3. The minimum Gasteiger partial charge on any atom is -0.478 e. The van der Waals surface area contributed by atoms with Gasteiger partial charge in [-0.25, -0.2) is 9.88 Å². The zero-order valence-electron chi connectivity index (χ0n) is 14.0. The summed E-state index contributed by atoms with van der Waals surface area (Å²) in [4.78, 5) is 23.1. The molecule has 0 spiro atoms. The third-order valence-corrected chi connectivity index (χ3v) is 4.63. The molecule has 0 saturated heterocycles. The molecular formula is C15H22NO7P. The van der Waals surface area contributed by atoms with Crippen molar-refractivity contribution >= 4 is 19.5 Å². The van der Waals surface area contributed by atoms with Gasteiger partial charge in [0.25, 0.3) is 0 Å². The van der Waals surface area contributed by atoms with Crippen molar-refractivity contribution in [1.82, 2.24) is 5.09 Å². The molecule has 0 amide bonds. The van der Waals surface area contributed by atoms with Crippen molar-refractivity contribution in [1.29, 1.82) is 0 Å². The predicted molar refractivity (Wildman–Crippen MR) is 87.3 cm³/mol. The fourth-order valence-corrected chi connectivity index (χ4v) is 3.52. The molecule has 24 heavy (non-hydrogen) atoms. The van der Waals surface area contributed by atoms with Gasteiger partial charge in [0.15, 0.2) is 0 Å². The SMILES string of the molecule is COCP(=O)(N[C@@H](C)C(=O)OC(C)C)Oc1ccccc1C(=O)O. The summed E-state index contributed by atoms with van der Waals surface area (Å²) in [6.07, 6.45) is -0.669. The second-order valence-electron chi connectivity index (χ2n) is 5.32. The average Bonchev–Trinajstić information content (AvgIpc) is 2.46. The number of carboxylic acid groups (broad SMARTS) is 1. The molecule has 9 heteroatoms. The zero-order valence-corrected chi connectivity index (χ0v) is 14.9. The van der Waals surface area contributed by atoms with Crippen molar-refractivity contribution in [2.75, 3.05) is 13.5 Å². The Morgan fingerprint density at radius 2 is 1.88 bits per heavy atom. The fourth-order valence-electron chi connectivity index (χ4n) is 1.82. The van der Waals surface area contributed by atoms with Crippen molar-refractivity contribution in [3.63, 3.8) is 0 Å². The van der Waals surface area contributed by atoms with E-state index in [9.17, 15) is 14.2 Å². The normalized spacial score (nSPS) is 14.7. The summed E-state index contributed by atoms with van der Waals surface area (Å²) in [5.74, 6) is -1.90. The van der Waals surface area contributed by atoms with Crippen LogP contribution in [0.3, 0.4) is 0 Å². The van der Waals surface area contributed by atoms with E-state index in [1.165, 1.54) is 32.2 Å². The topological polar surface area (TPSA) is 111 Å². The number of nitrogens with one attached hydrogen (secondary N) is 1. The number of carbonyl (C=O) groups is 2. The van der Waals surface area contributed by atoms with Crippen LogP contribution in [-0.4, -0.2) is 42.6 Å². The lowest BCUT2D eigenvalue weighted by atomic mass is 10.2. The van der Waals surface area contributed by atoms with Crippen LogP contribution in [-0.2, 0) is 18.8 Å². The van der Waals surface area contributed by atoms with Crippen molar-refractivity contribution < 1.29 is 33.3 Å². The molecule has 8 nitrogen and oxygen atoms in total. The summed E-state index contributed by atoms with van der Waals surface area (Å²) in [7, 11) is -2.38. The number of hydrogen-bond acceptors (Lipinski definition) is 6. The van der Waals surface area contributed by atoms with Gasteiger partial charge in [-0.05, 0) is 32.9 Å². The van der Waals surface area contributed by atoms with Crippen LogP contribution in [0.4, 0.5) is 0 Å². The first-order valence-electron chi connectivity index (χ1n) is 7.26. The van der Waals surface area contributed by atoms with Gasteiger partial charge in [0, 0.05) is 7.11 Å². The van der Waals surface area contributed by atoms with E-state index in [-0.39, 0.29) is 23.8 Å². The van der Waals surface area contributed by atoms with Crippen LogP contribution < -0.4 is 9.61 Å². The number of ether oxygens (including phenoxy) is 2. The summed E-state index contributed by atoms with van der Waals surface area (Å²) in [6.45, 7) is 4.86. The standard InChI is InChI=1S/C15H22NO7P/c1-10(2)22-15(19)11(3)16-24(20,9-21-4)23-13-8-6-5-7-12(13)14(17)18/h5-8,10-11H,9H2,1-4H3,(H,16,20)(H,17,18)/t11-,24?/m0/s1. The molecule has 1 aromatic rings. The molecule has 0 radical (unpaired) electrons. The van der Waals surface area contributed by atoms with Crippen molar-refractivity contribution in [3.05, 3.63) is 29.8 Å². The van der Waals surface area contributed by atoms with Crippen molar-refractivity contribution in [3.8, 4) is 5.75 Å². The number of carbonyl (C=O) groups excluding carboxylic acids is 1. The summed E-state index contributed by atoms with van der Waals surface area (Å²) < 4.78 is 28.2. The van der Waals surface area contributed by atoms with Crippen LogP contribution in [0.5, 0.6) is 5.75 Å². The lowest BCUT2D eigenvalue weighted by Crippen LogP contribution is -2.36. The molecule has 0 heterocycles. The van der Waals surface area contributed by atoms with E-state index in [0.717, 1.165) is 0 Å². The Balaban J connectivity index is 2.98. The summed E-state index contributed by atoms with van der Waals surface area (Å²) in [5, 5.41) is 11.7. The number of rotatable bonds is 9. The summed E-state index contributed by atoms with van der Waals surface area (Å²) >= 11 is 0. The van der Waals surface area contributed by atoms with Crippen LogP contribution in [0, 0.1) is 0 Å². The number of carboxylic acids is 1. The molecule has 0 aliphatic heterocycles. The first-order chi connectivity index (χ1) is 11.2. The minimum absolute atomic E-state index is 0.0812. The molecular weight excluding hydrogens is 337 g/mol. The fraction of sp³-hybridized carbons (Fsp3) is 0.467. The Morgan fingerprint density at radius 1 is 1.25 bits per heavy atom. The van der Waals surface area contributed by atoms with E-state index in [4.69, 9.17) is 19.1 Å². The summed E-state index contributed by atoms with van der Waals surface area (Å²) in [6, 6.07) is 4.85. The first kappa shape index (κ1) is 20.2. The Kier molecular flexibility index (Phi) is 7.41. The van der Waals surface area contributed by atoms with E-state index >= 15 is 0 Å². The van der Waals surface area contributed by atoms with E-state index < -0.39 is 25.5 Å². The molecule has 0 bridgehead atoms. The minimum atomic E-state index is -3.70. The highest BCUT2D eigenvalue weighted by molar-refractivity contribution is 7.57. The summed E-state index contributed by atoms with van der Waals surface area (Å²) in [5.41, 5.74) is -0.145. The Morgan fingerprint density at radius 3 is 2.42 bits per heavy atom. The smallest absolute Gasteiger partial charge is 0.342 e. The highest BCUT2D eigenvalue weighted by Crippen LogP contribution is 2.44. The monoisotopic (exact) mass is 359 g/mol. The van der Waals surface area contributed by atoms with E-state index in [0.29, 0.717) is 0 Å². The molecule has 134 valence electrons. The van der Waals surface area contributed by atoms with Gasteiger partial charge in [0.1, 0.15) is 23.7 Å². The van der Waals surface area contributed by atoms with E-state index in [1.807, 2.05) is 0 Å². The Bertz CT molecular complexity index is 632. The maximum absolute atomic E-state index is 12.9. The Labute approximate surface area is 140 Å². The van der Waals surface area contributed by atoms with Crippen LogP contribution >= 0.6 is 7.52 Å². The van der Waals surface area contributed by atoms with Crippen LogP contribution in [0.15, 0.2) is 24.3 Å². The lowest BCUT2D eigenvalue weighted by molar-refractivity contribution is -0.149. The molecule has 0 saturated carbocycles. The Hall–Kier alpha value is -1.89. The average molecular weight is 359 g/mol. The molecule has 1 aromatic carbocycles. The molecule has 1 unspecified atom stereocenters. The first-order valence-corrected chi connectivity index (χ1v) is 9.07. The molecule has 0 fully saturated rings. The van der Waals surface area contributed by atoms with Gasteiger partial charge in [-0.3, -0.25) is 9.36 Å². The van der Waals surface area contributed by atoms with Gasteiger partial charge >= 0.3 is 19.5 Å². The molecule has 2 atom stereocenters. The molecule has 2 N–H and O–H groups in total. The van der Waals surface area contributed by atoms with Crippen LogP contribution in [0.25, 0.3) is 0 Å². The maximum atomic E-state index is 12.9. The second kappa shape index (κ2) is 8.82. The van der Waals surface area contributed by atoms with Gasteiger partial charge in [0.05, 0.1) is 6.10 Å². The van der Waals surface area contributed by atoms with Gasteiger partial charge in [-0.2, -0.15) is 0 Å². The molecule has 0 aromatic heterocycles. The number of esters is 1. The molecule has 1 rings (SSSR count). The van der Waals surface area contributed by atoms with Gasteiger partial charge in [0.2, 0.25) is 0 Å². The number of para-hydroxylation sites is 1. The quantitative estimate of drug-likeness (QED) is 0.511. The van der Waals surface area contributed by atoms with Crippen LogP contribution in [0.2, 0.25) is 0 Å². The number of benzene rings is 1. The third-order valence-electron chi connectivity index (χ3n) is 2.76. The predicted octanol–water partition coefficient (Wildman–Crippen LogP) is 2.49. The largest absolute Gasteiger partial charge is 0.478 e. The van der Waals surface area contributed by atoms with E-state index in [1.54, 1.807) is 19.9 Å². The highest BCUT2D eigenvalue weighted by Gasteiger charge is 2.32. The van der Waals surface area contributed by atoms with Gasteiger partial charge in [-0.1, -0.05) is 12.1 Å².